The van der Waals surface area contributed by atoms with Crippen LogP contribution in [0.2, 0.25) is 0 Å². The van der Waals surface area contributed by atoms with Gasteiger partial charge in [-0.15, -0.1) is 11.6 Å². The fourth-order valence-electron chi connectivity index (χ4n) is 2.20. The van der Waals surface area contributed by atoms with Gasteiger partial charge in [-0.2, -0.15) is 5.10 Å². The van der Waals surface area contributed by atoms with Crippen LogP contribution in [-0.4, -0.2) is 22.3 Å². The summed E-state index contributed by atoms with van der Waals surface area (Å²) in [4.78, 5) is 0. The zero-order chi connectivity index (χ0) is 10.8. The molecule has 1 aliphatic rings. The number of aryl methyl sites for hydroxylation is 2. The van der Waals surface area contributed by atoms with Gasteiger partial charge in [-0.3, -0.25) is 4.68 Å². The van der Waals surface area contributed by atoms with Gasteiger partial charge in [0.15, 0.2) is 0 Å². The number of ether oxygens (including phenoxy) is 1. The summed E-state index contributed by atoms with van der Waals surface area (Å²) >= 11 is 5.95. The molecule has 0 spiro atoms. The molecule has 1 saturated heterocycles. The van der Waals surface area contributed by atoms with Gasteiger partial charge in [-0.05, 0) is 12.8 Å². The molecule has 0 aromatic carbocycles. The van der Waals surface area contributed by atoms with Crippen molar-refractivity contribution in [3.63, 3.8) is 0 Å². The van der Waals surface area contributed by atoms with E-state index in [2.05, 4.69) is 18.2 Å². The third kappa shape index (κ3) is 2.04. The van der Waals surface area contributed by atoms with E-state index in [1.54, 1.807) is 0 Å². The van der Waals surface area contributed by atoms with Crippen LogP contribution in [0.25, 0.3) is 0 Å². The highest BCUT2D eigenvalue weighted by Gasteiger charge is 2.31. The Morgan fingerprint density at radius 2 is 2.47 bits per heavy atom. The predicted octanol–water partition coefficient (Wildman–Crippen LogP) is 2.30. The summed E-state index contributed by atoms with van der Waals surface area (Å²) in [6.07, 6.45) is 4.23. The molecule has 84 valence electrons. The van der Waals surface area contributed by atoms with Gasteiger partial charge < -0.3 is 4.74 Å². The van der Waals surface area contributed by atoms with Crippen molar-refractivity contribution < 1.29 is 4.74 Å². The topological polar surface area (TPSA) is 27.1 Å². The number of hydrogen-bond donors (Lipinski definition) is 0. The van der Waals surface area contributed by atoms with Crippen molar-refractivity contribution in [1.82, 2.24) is 9.78 Å². The van der Waals surface area contributed by atoms with Gasteiger partial charge in [0.05, 0.1) is 11.8 Å². The maximum absolute atomic E-state index is 5.95. The minimum atomic E-state index is 0.158. The molecule has 1 aromatic heterocycles. The lowest BCUT2D eigenvalue weighted by atomic mass is 9.97. The Balaban J connectivity index is 2.27. The molecule has 2 atom stereocenters. The summed E-state index contributed by atoms with van der Waals surface area (Å²) in [5.74, 6) is 1.11. The number of alkyl halides is 1. The molecule has 2 unspecified atom stereocenters. The molecular weight excluding hydrogens is 212 g/mol. The molecule has 2 rings (SSSR count). The Labute approximate surface area is 95.4 Å². The Morgan fingerprint density at radius 1 is 1.67 bits per heavy atom. The summed E-state index contributed by atoms with van der Waals surface area (Å²) in [6, 6.07) is 0. The SMILES string of the molecule is CCc1nn(C)cc1C1OCCC1CCl. The molecule has 0 aliphatic carbocycles. The Hall–Kier alpha value is -0.540. The fraction of sp³-hybridized carbons (Fsp3) is 0.727. The Kier molecular flexibility index (Phi) is 3.32. The van der Waals surface area contributed by atoms with Gasteiger partial charge in [0, 0.05) is 37.2 Å². The van der Waals surface area contributed by atoms with Crippen LogP contribution in [0.15, 0.2) is 6.20 Å². The van der Waals surface area contributed by atoms with Crippen molar-refractivity contribution in [3.8, 4) is 0 Å². The van der Waals surface area contributed by atoms with E-state index in [1.807, 2.05) is 11.7 Å². The smallest absolute Gasteiger partial charge is 0.0898 e. The first-order valence-corrected chi connectivity index (χ1v) is 5.99. The van der Waals surface area contributed by atoms with Gasteiger partial charge in [0.25, 0.3) is 0 Å². The third-order valence-corrected chi connectivity index (χ3v) is 3.39. The van der Waals surface area contributed by atoms with Crippen molar-refractivity contribution in [2.75, 3.05) is 12.5 Å². The van der Waals surface area contributed by atoms with Crippen molar-refractivity contribution in [3.05, 3.63) is 17.5 Å². The normalized spacial score (nSPS) is 26.1. The van der Waals surface area contributed by atoms with Crippen LogP contribution in [0.3, 0.4) is 0 Å². The van der Waals surface area contributed by atoms with E-state index in [4.69, 9.17) is 16.3 Å². The van der Waals surface area contributed by atoms with Crippen LogP contribution in [0.1, 0.15) is 30.7 Å². The highest BCUT2D eigenvalue weighted by atomic mass is 35.5. The molecule has 1 fully saturated rings. The minimum Gasteiger partial charge on any atom is -0.373 e. The Bertz CT molecular complexity index is 337. The van der Waals surface area contributed by atoms with Crippen LogP contribution in [0.4, 0.5) is 0 Å². The van der Waals surface area contributed by atoms with Crippen LogP contribution < -0.4 is 0 Å². The molecule has 1 aliphatic heterocycles. The first-order chi connectivity index (χ1) is 7.26. The highest BCUT2D eigenvalue weighted by molar-refractivity contribution is 6.18. The molecule has 0 N–H and O–H groups in total. The van der Waals surface area contributed by atoms with E-state index in [1.165, 1.54) is 5.56 Å². The van der Waals surface area contributed by atoms with Crippen LogP contribution in [0, 0.1) is 5.92 Å². The molecule has 1 aromatic rings. The molecule has 0 amide bonds. The zero-order valence-electron chi connectivity index (χ0n) is 9.24. The zero-order valence-corrected chi connectivity index (χ0v) is 10.00. The second-order valence-electron chi connectivity index (χ2n) is 4.05. The van der Waals surface area contributed by atoms with Crippen molar-refractivity contribution in [2.24, 2.45) is 13.0 Å². The lowest BCUT2D eigenvalue weighted by Crippen LogP contribution is -2.10. The molecule has 0 radical (unpaired) electrons. The van der Waals surface area contributed by atoms with Crippen molar-refractivity contribution >= 4 is 11.6 Å². The van der Waals surface area contributed by atoms with Gasteiger partial charge >= 0.3 is 0 Å². The number of nitrogens with zero attached hydrogens (tertiary/aromatic N) is 2. The van der Waals surface area contributed by atoms with Gasteiger partial charge in [0.1, 0.15) is 0 Å². The molecule has 4 heteroatoms. The van der Waals surface area contributed by atoms with E-state index in [0.29, 0.717) is 11.8 Å². The number of aromatic nitrogens is 2. The molecule has 0 bridgehead atoms. The average Bonchev–Trinajstić information content (AvgIpc) is 2.82. The van der Waals surface area contributed by atoms with E-state index < -0.39 is 0 Å². The van der Waals surface area contributed by atoms with Crippen molar-refractivity contribution in [1.29, 1.82) is 0 Å². The highest BCUT2D eigenvalue weighted by Crippen LogP contribution is 2.36. The average molecular weight is 229 g/mol. The van der Waals surface area contributed by atoms with Gasteiger partial charge in [-0.25, -0.2) is 0 Å². The molecule has 2 heterocycles. The largest absolute Gasteiger partial charge is 0.373 e. The standard InChI is InChI=1S/C11H17ClN2O/c1-3-10-9(7-14(2)13-10)11-8(6-12)4-5-15-11/h7-8,11H,3-6H2,1-2H3. The van der Waals surface area contributed by atoms with Crippen LogP contribution >= 0.6 is 11.6 Å². The number of halogens is 1. The second kappa shape index (κ2) is 4.54. The summed E-state index contributed by atoms with van der Waals surface area (Å²) < 4.78 is 7.62. The van der Waals surface area contributed by atoms with Crippen LogP contribution in [0.5, 0.6) is 0 Å². The summed E-state index contributed by atoms with van der Waals surface area (Å²) in [7, 11) is 1.95. The summed E-state index contributed by atoms with van der Waals surface area (Å²) in [5, 5.41) is 4.44. The fourth-order valence-corrected chi connectivity index (χ4v) is 2.52. The summed E-state index contributed by atoms with van der Waals surface area (Å²) in [6.45, 7) is 2.94. The molecule has 0 saturated carbocycles. The second-order valence-corrected chi connectivity index (χ2v) is 4.36. The molecular formula is C11H17ClN2O. The maximum Gasteiger partial charge on any atom is 0.0898 e. The lowest BCUT2D eigenvalue weighted by molar-refractivity contribution is 0.0944. The van der Waals surface area contributed by atoms with Crippen molar-refractivity contribution in [2.45, 2.75) is 25.9 Å². The predicted molar refractivity (Wildman–Crippen MR) is 60.1 cm³/mol. The van der Waals surface area contributed by atoms with Crippen LogP contribution in [-0.2, 0) is 18.2 Å². The van der Waals surface area contributed by atoms with E-state index in [0.717, 1.165) is 25.1 Å². The maximum atomic E-state index is 5.95. The third-order valence-electron chi connectivity index (χ3n) is 2.99. The van der Waals surface area contributed by atoms with E-state index >= 15 is 0 Å². The lowest BCUT2D eigenvalue weighted by Gasteiger charge is -2.15. The number of hydrogen-bond acceptors (Lipinski definition) is 2. The van der Waals surface area contributed by atoms with Gasteiger partial charge in [-0.1, -0.05) is 6.92 Å². The quantitative estimate of drug-likeness (QED) is 0.743. The first kappa shape index (κ1) is 11.0. The van der Waals surface area contributed by atoms with Gasteiger partial charge in [0.2, 0.25) is 0 Å². The summed E-state index contributed by atoms with van der Waals surface area (Å²) in [5.41, 5.74) is 2.36. The first-order valence-electron chi connectivity index (χ1n) is 5.46. The number of rotatable bonds is 3. The minimum absolute atomic E-state index is 0.158. The molecule has 3 nitrogen and oxygen atoms in total. The Morgan fingerprint density at radius 3 is 3.13 bits per heavy atom. The van der Waals surface area contributed by atoms with E-state index in [-0.39, 0.29) is 6.10 Å². The monoisotopic (exact) mass is 228 g/mol. The van der Waals surface area contributed by atoms with E-state index in [9.17, 15) is 0 Å². The molecule has 15 heavy (non-hydrogen) atoms.